The number of rotatable bonds is 12. The molecule has 0 atom stereocenters. The van der Waals surface area contributed by atoms with E-state index in [0.717, 1.165) is 12.0 Å². The quantitative estimate of drug-likeness (QED) is 0.381. The molecule has 0 heterocycles. The van der Waals surface area contributed by atoms with Gasteiger partial charge in [0.2, 0.25) is 0 Å². The number of unbranched alkanes of at least 4 members (excludes halogenated alkanes) is 6. The number of phenols is 1. The van der Waals surface area contributed by atoms with Crippen LogP contribution in [0, 0.1) is 0 Å². The molecule has 0 aliphatic rings. The predicted molar refractivity (Wildman–Crippen MR) is 112 cm³/mol. The zero-order chi connectivity index (χ0) is 18.9. The maximum Gasteiger partial charge on any atom is 0.119 e. The number of benzene rings is 1. The third-order valence-corrected chi connectivity index (χ3v) is 5.82. The molecule has 0 saturated heterocycles. The monoisotopic (exact) mass is 346 g/mol. The van der Waals surface area contributed by atoms with Crippen molar-refractivity contribution in [3.8, 4) is 5.75 Å². The minimum atomic E-state index is 0.0339. The lowest BCUT2D eigenvalue weighted by Crippen LogP contribution is -2.21. The van der Waals surface area contributed by atoms with E-state index in [1.165, 1.54) is 63.4 Å². The van der Waals surface area contributed by atoms with Crippen LogP contribution >= 0.6 is 0 Å². The van der Waals surface area contributed by atoms with Crippen molar-refractivity contribution in [2.45, 2.75) is 117 Å². The van der Waals surface area contributed by atoms with Crippen LogP contribution in [-0.4, -0.2) is 5.11 Å². The first-order valence-electron chi connectivity index (χ1n) is 10.6. The molecule has 0 aliphatic heterocycles. The van der Waals surface area contributed by atoms with Crippen molar-refractivity contribution in [3.05, 3.63) is 29.3 Å². The van der Waals surface area contributed by atoms with Crippen LogP contribution in [0.2, 0.25) is 0 Å². The van der Waals surface area contributed by atoms with Gasteiger partial charge in [-0.05, 0) is 40.9 Å². The summed E-state index contributed by atoms with van der Waals surface area (Å²) in [6, 6.07) is 6.34. The lowest BCUT2D eigenvalue weighted by molar-refractivity contribution is 0.401. The standard InChI is InChI=1S/C24H42O/c1-7-9-11-13-17-23(3,4)20-15-16-22(25)21(19-20)24(5,6)18-14-12-10-8-2/h15-16,19,25H,7-14,17-18H2,1-6H3. The maximum atomic E-state index is 10.5. The van der Waals surface area contributed by atoms with E-state index in [4.69, 9.17) is 0 Å². The summed E-state index contributed by atoms with van der Waals surface area (Å²) < 4.78 is 0. The average Bonchev–Trinajstić information content (AvgIpc) is 2.56. The van der Waals surface area contributed by atoms with Crippen LogP contribution in [0.1, 0.15) is 117 Å². The van der Waals surface area contributed by atoms with Gasteiger partial charge >= 0.3 is 0 Å². The molecule has 0 aliphatic carbocycles. The van der Waals surface area contributed by atoms with Crippen LogP contribution in [0.5, 0.6) is 5.75 Å². The average molecular weight is 347 g/mol. The van der Waals surface area contributed by atoms with E-state index in [1.807, 2.05) is 6.07 Å². The predicted octanol–water partition coefficient (Wildman–Crippen LogP) is 7.89. The number of hydrogen-bond acceptors (Lipinski definition) is 1. The largest absolute Gasteiger partial charge is 0.508 e. The molecule has 1 aromatic carbocycles. The minimum absolute atomic E-state index is 0.0339. The van der Waals surface area contributed by atoms with Crippen molar-refractivity contribution in [2.24, 2.45) is 0 Å². The zero-order valence-corrected chi connectivity index (χ0v) is 17.8. The number of hydrogen-bond donors (Lipinski definition) is 1. The Labute approximate surface area is 157 Å². The van der Waals surface area contributed by atoms with Gasteiger partial charge in [0.25, 0.3) is 0 Å². The van der Waals surface area contributed by atoms with E-state index in [0.29, 0.717) is 5.75 Å². The van der Waals surface area contributed by atoms with E-state index in [2.05, 4.69) is 53.7 Å². The lowest BCUT2D eigenvalue weighted by Gasteiger charge is -2.31. The van der Waals surface area contributed by atoms with Crippen molar-refractivity contribution in [2.75, 3.05) is 0 Å². The van der Waals surface area contributed by atoms with Gasteiger partial charge in [0, 0.05) is 0 Å². The Hall–Kier alpha value is -0.980. The summed E-state index contributed by atoms with van der Waals surface area (Å²) >= 11 is 0. The summed E-state index contributed by atoms with van der Waals surface area (Å²) in [6.45, 7) is 13.8. The first-order chi connectivity index (χ1) is 11.7. The fourth-order valence-corrected chi connectivity index (χ4v) is 3.77. The van der Waals surface area contributed by atoms with Crippen LogP contribution in [0.3, 0.4) is 0 Å². The lowest BCUT2D eigenvalue weighted by atomic mass is 9.74. The summed E-state index contributed by atoms with van der Waals surface area (Å²) in [4.78, 5) is 0. The molecule has 0 bridgehead atoms. The van der Waals surface area contributed by atoms with Gasteiger partial charge in [-0.25, -0.2) is 0 Å². The van der Waals surface area contributed by atoms with Crippen LogP contribution < -0.4 is 0 Å². The smallest absolute Gasteiger partial charge is 0.119 e. The highest BCUT2D eigenvalue weighted by Crippen LogP contribution is 2.39. The maximum absolute atomic E-state index is 10.5. The van der Waals surface area contributed by atoms with Crippen LogP contribution in [0.4, 0.5) is 0 Å². The molecule has 1 rings (SSSR count). The minimum Gasteiger partial charge on any atom is -0.508 e. The molecule has 144 valence electrons. The molecule has 1 aromatic rings. The second-order valence-corrected chi connectivity index (χ2v) is 9.12. The van der Waals surface area contributed by atoms with Gasteiger partial charge in [0.15, 0.2) is 0 Å². The molecule has 0 saturated carbocycles. The summed E-state index contributed by atoms with van der Waals surface area (Å²) in [7, 11) is 0. The molecule has 1 N–H and O–H groups in total. The third kappa shape index (κ3) is 7.04. The zero-order valence-electron chi connectivity index (χ0n) is 17.8. The van der Waals surface area contributed by atoms with Gasteiger partial charge in [0.1, 0.15) is 5.75 Å². The van der Waals surface area contributed by atoms with Crippen molar-refractivity contribution in [1.29, 1.82) is 0 Å². The highest BCUT2D eigenvalue weighted by molar-refractivity contribution is 5.43. The molecular weight excluding hydrogens is 304 g/mol. The van der Waals surface area contributed by atoms with Crippen molar-refractivity contribution in [3.63, 3.8) is 0 Å². The van der Waals surface area contributed by atoms with Crippen molar-refractivity contribution >= 4 is 0 Å². The molecule has 0 aromatic heterocycles. The Balaban J connectivity index is 2.86. The highest BCUT2D eigenvalue weighted by atomic mass is 16.3. The molecule has 0 amide bonds. The summed E-state index contributed by atoms with van der Waals surface area (Å²) in [5.41, 5.74) is 2.71. The Morgan fingerprint density at radius 2 is 1.24 bits per heavy atom. The molecule has 1 nitrogen and oxygen atoms in total. The van der Waals surface area contributed by atoms with Gasteiger partial charge in [-0.1, -0.05) is 105 Å². The second kappa shape index (κ2) is 10.2. The third-order valence-electron chi connectivity index (χ3n) is 5.82. The van der Waals surface area contributed by atoms with Crippen LogP contribution in [-0.2, 0) is 10.8 Å². The van der Waals surface area contributed by atoms with E-state index in [-0.39, 0.29) is 10.8 Å². The molecule has 0 unspecified atom stereocenters. The molecule has 0 spiro atoms. The summed E-state index contributed by atoms with van der Waals surface area (Å²) in [5, 5.41) is 10.5. The Bertz CT molecular complexity index is 499. The molecule has 0 radical (unpaired) electrons. The SMILES string of the molecule is CCCCCCC(C)(C)c1ccc(O)c(C(C)(C)CCCCCC)c1. The van der Waals surface area contributed by atoms with Gasteiger partial charge < -0.3 is 5.11 Å². The normalized spacial score (nSPS) is 12.6. The van der Waals surface area contributed by atoms with Gasteiger partial charge in [-0.15, -0.1) is 0 Å². The topological polar surface area (TPSA) is 20.2 Å². The number of phenolic OH excluding ortho intramolecular Hbond substituents is 1. The summed E-state index contributed by atoms with van der Waals surface area (Å²) in [5.74, 6) is 0.464. The van der Waals surface area contributed by atoms with Gasteiger partial charge in [-0.3, -0.25) is 0 Å². The first-order valence-corrected chi connectivity index (χ1v) is 10.6. The van der Waals surface area contributed by atoms with Crippen molar-refractivity contribution in [1.82, 2.24) is 0 Å². The van der Waals surface area contributed by atoms with Crippen LogP contribution in [0.25, 0.3) is 0 Å². The van der Waals surface area contributed by atoms with E-state index in [1.54, 1.807) is 0 Å². The van der Waals surface area contributed by atoms with Gasteiger partial charge in [0.05, 0.1) is 0 Å². The first kappa shape index (κ1) is 22.1. The van der Waals surface area contributed by atoms with E-state index < -0.39 is 0 Å². The highest BCUT2D eigenvalue weighted by Gasteiger charge is 2.27. The Kier molecular flexibility index (Phi) is 9.03. The molecule has 1 heteroatoms. The Morgan fingerprint density at radius 1 is 0.720 bits per heavy atom. The molecule has 25 heavy (non-hydrogen) atoms. The fourth-order valence-electron chi connectivity index (χ4n) is 3.77. The fraction of sp³-hybridized carbons (Fsp3) is 0.750. The van der Waals surface area contributed by atoms with E-state index >= 15 is 0 Å². The second-order valence-electron chi connectivity index (χ2n) is 9.12. The summed E-state index contributed by atoms with van der Waals surface area (Å²) in [6.07, 6.45) is 12.7. The van der Waals surface area contributed by atoms with Gasteiger partial charge in [-0.2, -0.15) is 0 Å². The molecular formula is C24H42O. The van der Waals surface area contributed by atoms with Crippen molar-refractivity contribution < 1.29 is 5.11 Å². The van der Waals surface area contributed by atoms with Crippen LogP contribution in [0.15, 0.2) is 18.2 Å². The molecule has 0 fully saturated rings. The Morgan fingerprint density at radius 3 is 1.76 bits per heavy atom. The number of aromatic hydroxyl groups is 1. The van der Waals surface area contributed by atoms with E-state index in [9.17, 15) is 5.11 Å².